The molecule has 0 aliphatic carbocycles. The zero-order valence-electron chi connectivity index (χ0n) is 10.4. The second-order valence-corrected chi connectivity index (χ2v) is 4.87. The molecule has 1 N–H and O–H groups in total. The molecule has 0 bridgehead atoms. The summed E-state index contributed by atoms with van der Waals surface area (Å²) < 4.78 is 0. The van der Waals surface area contributed by atoms with Crippen LogP contribution in [0.5, 0.6) is 0 Å². The normalized spacial score (nSPS) is 13.3. The van der Waals surface area contributed by atoms with E-state index in [-0.39, 0.29) is 0 Å². The first kappa shape index (κ1) is 10.4. The van der Waals surface area contributed by atoms with Crippen molar-refractivity contribution in [1.82, 2.24) is 0 Å². The predicted octanol–water partition coefficient (Wildman–Crippen LogP) is 3.94. The standard InChI is InChI=1S/C16H17N/c1-11-3-6-15(12(2)9-11)14-5-4-13-7-8-17-16(13)10-14/h3-6,9-10,17H,7-8H2,1-2H3. The van der Waals surface area contributed by atoms with Gasteiger partial charge in [0.15, 0.2) is 0 Å². The lowest BCUT2D eigenvalue weighted by Crippen LogP contribution is -1.91. The molecule has 2 aromatic carbocycles. The highest BCUT2D eigenvalue weighted by molar-refractivity contribution is 5.73. The number of nitrogens with one attached hydrogen (secondary N) is 1. The molecule has 0 atom stereocenters. The quantitative estimate of drug-likeness (QED) is 0.772. The van der Waals surface area contributed by atoms with Crippen LogP contribution in [0.4, 0.5) is 5.69 Å². The summed E-state index contributed by atoms with van der Waals surface area (Å²) in [5.41, 5.74) is 8.08. The third kappa shape index (κ3) is 1.82. The van der Waals surface area contributed by atoms with E-state index < -0.39 is 0 Å². The predicted molar refractivity (Wildman–Crippen MR) is 73.5 cm³/mol. The maximum absolute atomic E-state index is 3.44. The smallest absolute Gasteiger partial charge is 0.0379 e. The van der Waals surface area contributed by atoms with Gasteiger partial charge in [-0.3, -0.25) is 0 Å². The van der Waals surface area contributed by atoms with Crippen molar-refractivity contribution >= 4 is 5.69 Å². The van der Waals surface area contributed by atoms with Gasteiger partial charge in [-0.1, -0.05) is 35.9 Å². The summed E-state index contributed by atoms with van der Waals surface area (Å²) >= 11 is 0. The van der Waals surface area contributed by atoms with Gasteiger partial charge in [-0.25, -0.2) is 0 Å². The summed E-state index contributed by atoms with van der Waals surface area (Å²) in [6, 6.07) is 13.4. The van der Waals surface area contributed by atoms with Crippen LogP contribution in [-0.2, 0) is 6.42 Å². The molecule has 0 spiro atoms. The van der Waals surface area contributed by atoms with Gasteiger partial charge < -0.3 is 5.32 Å². The zero-order chi connectivity index (χ0) is 11.8. The third-order valence-electron chi connectivity index (χ3n) is 3.51. The molecule has 86 valence electrons. The van der Waals surface area contributed by atoms with E-state index in [0.717, 1.165) is 13.0 Å². The highest BCUT2D eigenvalue weighted by Crippen LogP contribution is 2.30. The maximum atomic E-state index is 3.44. The Bertz CT molecular complexity index is 570. The summed E-state index contributed by atoms with van der Waals surface area (Å²) in [6.45, 7) is 5.40. The van der Waals surface area contributed by atoms with E-state index in [1.54, 1.807) is 0 Å². The molecule has 1 nitrogen and oxygen atoms in total. The molecular weight excluding hydrogens is 206 g/mol. The molecule has 1 heterocycles. The number of anilines is 1. The van der Waals surface area contributed by atoms with Crippen molar-refractivity contribution in [1.29, 1.82) is 0 Å². The molecule has 3 rings (SSSR count). The highest BCUT2D eigenvalue weighted by atomic mass is 14.9. The molecule has 0 aromatic heterocycles. The van der Waals surface area contributed by atoms with E-state index in [4.69, 9.17) is 0 Å². The van der Waals surface area contributed by atoms with Gasteiger partial charge >= 0.3 is 0 Å². The van der Waals surface area contributed by atoms with Gasteiger partial charge in [0.25, 0.3) is 0 Å². The van der Waals surface area contributed by atoms with Gasteiger partial charge in [-0.15, -0.1) is 0 Å². The summed E-state index contributed by atoms with van der Waals surface area (Å²) in [5, 5.41) is 3.44. The van der Waals surface area contributed by atoms with E-state index >= 15 is 0 Å². The van der Waals surface area contributed by atoms with E-state index in [1.165, 1.54) is 33.5 Å². The maximum Gasteiger partial charge on any atom is 0.0379 e. The number of rotatable bonds is 1. The third-order valence-corrected chi connectivity index (χ3v) is 3.51. The van der Waals surface area contributed by atoms with Gasteiger partial charge in [-0.05, 0) is 48.6 Å². The Morgan fingerprint density at radius 2 is 1.88 bits per heavy atom. The number of hydrogen-bond donors (Lipinski definition) is 1. The fourth-order valence-electron chi connectivity index (χ4n) is 2.60. The van der Waals surface area contributed by atoms with Crippen LogP contribution in [-0.4, -0.2) is 6.54 Å². The van der Waals surface area contributed by atoms with Crippen LogP contribution in [0.1, 0.15) is 16.7 Å². The van der Waals surface area contributed by atoms with Gasteiger partial charge in [0.1, 0.15) is 0 Å². The first-order valence-corrected chi connectivity index (χ1v) is 6.18. The van der Waals surface area contributed by atoms with Crippen molar-refractivity contribution in [2.45, 2.75) is 20.3 Å². The van der Waals surface area contributed by atoms with Crippen LogP contribution in [0, 0.1) is 13.8 Å². The first-order chi connectivity index (χ1) is 8.24. The minimum absolute atomic E-state index is 1.08. The Hall–Kier alpha value is -1.76. The average molecular weight is 223 g/mol. The molecule has 2 aromatic rings. The topological polar surface area (TPSA) is 12.0 Å². The Morgan fingerprint density at radius 3 is 2.71 bits per heavy atom. The Labute approximate surface area is 102 Å². The van der Waals surface area contributed by atoms with Gasteiger partial charge in [0, 0.05) is 12.2 Å². The lowest BCUT2D eigenvalue weighted by molar-refractivity contribution is 1.11. The number of hydrogen-bond acceptors (Lipinski definition) is 1. The van der Waals surface area contributed by atoms with E-state index in [0.29, 0.717) is 0 Å². The molecule has 0 saturated carbocycles. The second kappa shape index (κ2) is 3.92. The van der Waals surface area contributed by atoms with Crippen molar-refractivity contribution in [3.8, 4) is 11.1 Å². The monoisotopic (exact) mass is 223 g/mol. The summed E-state index contributed by atoms with van der Waals surface area (Å²) in [5.74, 6) is 0. The van der Waals surface area contributed by atoms with Crippen LogP contribution < -0.4 is 5.32 Å². The molecule has 0 saturated heterocycles. The van der Waals surface area contributed by atoms with Crippen molar-refractivity contribution in [3.05, 3.63) is 53.1 Å². The number of fused-ring (bicyclic) bond motifs is 1. The molecule has 1 aliphatic rings. The van der Waals surface area contributed by atoms with Crippen LogP contribution in [0.15, 0.2) is 36.4 Å². The highest BCUT2D eigenvalue weighted by Gasteiger charge is 2.11. The molecular formula is C16H17N. The molecule has 0 unspecified atom stereocenters. The summed E-state index contributed by atoms with van der Waals surface area (Å²) in [7, 11) is 0. The molecule has 1 aliphatic heterocycles. The van der Waals surface area contributed by atoms with E-state index in [1.807, 2.05) is 0 Å². The summed E-state index contributed by atoms with van der Waals surface area (Å²) in [4.78, 5) is 0. The summed E-state index contributed by atoms with van der Waals surface area (Å²) in [6.07, 6.45) is 1.16. The Kier molecular flexibility index (Phi) is 2.40. The minimum Gasteiger partial charge on any atom is -0.384 e. The van der Waals surface area contributed by atoms with Crippen molar-refractivity contribution in [2.75, 3.05) is 11.9 Å². The fourth-order valence-corrected chi connectivity index (χ4v) is 2.60. The molecule has 0 amide bonds. The van der Waals surface area contributed by atoms with Crippen molar-refractivity contribution in [2.24, 2.45) is 0 Å². The SMILES string of the molecule is Cc1ccc(-c2ccc3c(c2)NCC3)c(C)c1. The molecule has 1 heteroatoms. The minimum atomic E-state index is 1.08. The molecule has 17 heavy (non-hydrogen) atoms. The van der Waals surface area contributed by atoms with Crippen LogP contribution >= 0.6 is 0 Å². The Morgan fingerprint density at radius 1 is 1.00 bits per heavy atom. The van der Waals surface area contributed by atoms with Crippen LogP contribution in [0.3, 0.4) is 0 Å². The van der Waals surface area contributed by atoms with Crippen molar-refractivity contribution in [3.63, 3.8) is 0 Å². The second-order valence-electron chi connectivity index (χ2n) is 4.87. The first-order valence-electron chi connectivity index (χ1n) is 6.18. The largest absolute Gasteiger partial charge is 0.384 e. The van der Waals surface area contributed by atoms with Crippen LogP contribution in [0.25, 0.3) is 11.1 Å². The van der Waals surface area contributed by atoms with E-state index in [2.05, 4.69) is 55.6 Å². The van der Waals surface area contributed by atoms with Gasteiger partial charge in [0.2, 0.25) is 0 Å². The zero-order valence-corrected chi connectivity index (χ0v) is 10.4. The Balaban J connectivity index is 2.09. The lowest BCUT2D eigenvalue weighted by atomic mass is 9.97. The van der Waals surface area contributed by atoms with Crippen LogP contribution in [0.2, 0.25) is 0 Å². The van der Waals surface area contributed by atoms with Gasteiger partial charge in [0.05, 0.1) is 0 Å². The van der Waals surface area contributed by atoms with E-state index in [9.17, 15) is 0 Å². The van der Waals surface area contributed by atoms with Gasteiger partial charge in [-0.2, -0.15) is 0 Å². The average Bonchev–Trinajstić information content (AvgIpc) is 2.75. The lowest BCUT2D eigenvalue weighted by Gasteiger charge is -2.09. The molecule has 0 radical (unpaired) electrons. The van der Waals surface area contributed by atoms with Crippen molar-refractivity contribution < 1.29 is 0 Å². The number of benzene rings is 2. The molecule has 0 fully saturated rings. The number of aryl methyl sites for hydroxylation is 2. The fraction of sp³-hybridized carbons (Fsp3) is 0.250.